The standard InChI is InChI=1S/C16H14N2O3/c1-11(16-10-12-6-2-5-9-15(12)21-16)17-13-7-3-4-8-14(13)18(19)20/h2-11,17H,1H3/t11-/m1/s1. The van der Waals surface area contributed by atoms with Gasteiger partial charge >= 0.3 is 0 Å². The summed E-state index contributed by atoms with van der Waals surface area (Å²) in [6.07, 6.45) is 0. The summed E-state index contributed by atoms with van der Waals surface area (Å²) < 4.78 is 5.77. The molecule has 0 unspecified atom stereocenters. The molecule has 21 heavy (non-hydrogen) atoms. The lowest BCUT2D eigenvalue weighted by Crippen LogP contribution is -2.07. The molecule has 0 spiro atoms. The van der Waals surface area contributed by atoms with Crippen LogP contribution in [-0.4, -0.2) is 4.92 Å². The predicted molar refractivity (Wildman–Crippen MR) is 81.3 cm³/mol. The second-order valence-electron chi connectivity index (χ2n) is 4.83. The summed E-state index contributed by atoms with van der Waals surface area (Å²) in [6.45, 7) is 1.91. The molecular formula is C16H14N2O3. The van der Waals surface area contributed by atoms with Gasteiger partial charge in [-0.25, -0.2) is 0 Å². The zero-order valence-corrected chi connectivity index (χ0v) is 11.4. The maximum atomic E-state index is 11.0. The molecule has 5 nitrogen and oxygen atoms in total. The molecule has 0 radical (unpaired) electrons. The Labute approximate surface area is 121 Å². The zero-order chi connectivity index (χ0) is 14.8. The minimum atomic E-state index is -0.395. The summed E-state index contributed by atoms with van der Waals surface area (Å²) >= 11 is 0. The van der Waals surface area contributed by atoms with Crippen molar-refractivity contribution in [3.8, 4) is 0 Å². The van der Waals surface area contributed by atoms with Crippen LogP contribution >= 0.6 is 0 Å². The minimum Gasteiger partial charge on any atom is -0.459 e. The average Bonchev–Trinajstić information content (AvgIpc) is 2.91. The van der Waals surface area contributed by atoms with Crippen LogP contribution in [-0.2, 0) is 0 Å². The van der Waals surface area contributed by atoms with Gasteiger partial charge in [0.25, 0.3) is 5.69 Å². The molecule has 0 aliphatic rings. The van der Waals surface area contributed by atoms with Gasteiger partial charge in [-0.1, -0.05) is 30.3 Å². The van der Waals surface area contributed by atoms with E-state index in [1.807, 2.05) is 37.3 Å². The molecule has 0 aliphatic carbocycles. The summed E-state index contributed by atoms with van der Waals surface area (Å²) in [4.78, 5) is 10.6. The average molecular weight is 282 g/mol. The Balaban J connectivity index is 1.89. The van der Waals surface area contributed by atoms with Gasteiger partial charge < -0.3 is 9.73 Å². The Kier molecular flexibility index (Phi) is 3.31. The molecule has 106 valence electrons. The van der Waals surface area contributed by atoms with Crippen molar-refractivity contribution < 1.29 is 9.34 Å². The SMILES string of the molecule is C[C@@H](Nc1ccccc1[N+](=O)[O-])c1cc2ccccc2o1. The summed E-state index contributed by atoms with van der Waals surface area (Å²) in [5.41, 5.74) is 1.35. The van der Waals surface area contributed by atoms with Crippen LogP contribution in [0.25, 0.3) is 11.0 Å². The van der Waals surface area contributed by atoms with Crippen molar-refractivity contribution in [3.63, 3.8) is 0 Å². The van der Waals surface area contributed by atoms with Crippen molar-refractivity contribution in [2.24, 2.45) is 0 Å². The Morgan fingerprint density at radius 3 is 2.62 bits per heavy atom. The van der Waals surface area contributed by atoms with E-state index in [-0.39, 0.29) is 11.7 Å². The Bertz CT molecular complexity index is 762. The molecule has 0 amide bonds. The van der Waals surface area contributed by atoms with E-state index in [4.69, 9.17) is 4.42 Å². The molecule has 0 aliphatic heterocycles. The van der Waals surface area contributed by atoms with E-state index in [9.17, 15) is 10.1 Å². The van der Waals surface area contributed by atoms with Crippen molar-refractivity contribution >= 4 is 22.3 Å². The first-order valence-electron chi connectivity index (χ1n) is 6.63. The van der Waals surface area contributed by atoms with Crippen molar-refractivity contribution in [3.05, 3.63) is 70.5 Å². The molecule has 0 saturated carbocycles. The third-order valence-corrected chi connectivity index (χ3v) is 3.34. The molecule has 1 aromatic heterocycles. The van der Waals surface area contributed by atoms with Crippen molar-refractivity contribution in [1.82, 2.24) is 0 Å². The largest absolute Gasteiger partial charge is 0.459 e. The van der Waals surface area contributed by atoms with Crippen LogP contribution in [0, 0.1) is 10.1 Å². The van der Waals surface area contributed by atoms with Gasteiger partial charge in [0.2, 0.25) is 0 Å². The van der Waals surface area contributed by atoms with Gasteiger partial charge in [-0.3, -0.25) is 10.1 Å². The third kappa shape index (κ3) is 2.58. The number of hydrogen-bond acceptors (Lipinski definition) is 4. The minimum absolute atomic E-state index is 0.0560. The first-order chi connectivity index (χ1) is 10.1. The van der Waals surface area contributed by atoms with Gasteiger partial charge in [0.15, 0.2) is 0 Å². The number of nitrogens with zero attached hydrogens (tertiary/aromatic N) is 1. The highest BCUT2D eigenvalue weighted by atomic mass is 16.6. The van der Waals surface area contributed by atoms with E-state index in [0.717, 1.165) is 16.7 Å². The number of furan rings is 1. The zero-order valence-electron chi connectivity index (χ0n) is 11.4. The highest BCUT2D eigenvalue weighted by Crippen LogP contribution is 2.30. The van der Waals surface area contributed by atoms with Crippen LogP contribution in [0.3, 0.4) is 0 Å². The second-order valence-corrected chi connectivity index (χ2v) is 4.83. The van der Waals surface area contributed by atoms with Crippen LogP contribution in [0.4, 0.5) is 11.4 Å². The van der Waals surface area contributed by atoms with Crippen LogP contribution < -0.4 is 5.32 Å². The molecule has 1 atom stereocenters. The highest BCUT2D eigenvalue weighted by Gasteiger charge is 2.17. The molecule has 3 aromatic rings. The number of rotatable bonds is 4. The Morgan fingerprint density at radius 2 is 1.86 bits per heavy atom. The van der Waals surface area contributed by atoms with Gasteiger partial charge in [-0.05, 0) is 25.1 Å². The lowest BCUT2D eigenvalue weighted by atomic mass is 10.2. The van der Waals surface area contributed by atoms with E-state index in [1.165, 1.54) is 6.07 Å². The van der Waals surface area contributed by atoms with Gasteiger partial charge in [-0.15, -0.1) is 0 Å². The van der Waals surface area contributed by atoms with Crippen LogP contribution in [0.1, 0.15) is 18.7 Å². The lowest BCUT2D eigenvalue weighted by Gasteiger charge is -2.12. The van der Waals surface area contributed by atoms with Crippen LogP contribution in [0.2, 0.25) is 0 Å². The predicted octanol–water partition coefficient (Wildman–Crippen LogP) is 4.51. The van der Waals surface area contributed by atoms with E-state index in [2.05, 4.69) is 5.32 Å². The summed E-state index contributed by atoms with van der Waals surface area (Å²) in [5.74, 6) is 0.745. The first kappa shape index (κ1) is 13.2. The van der Waals surface area contributed by atoms with Crippen molar-refractivity contribution in [2.75, 3.05) is 5.32 Å². The fraction of sp³-hybridized carbons (Fsp3) is 0.125. The molecule has 0 bridgehead atoms. The van der Waals surface area contributed by atoms with E-state index in [0.29, 0.717) is 5.69 Å². The van der Waals surface area contributed by atoms with Gasteiger partial charge in [0.05, 0.1) is 11.0 Å². The van der Waals surface area contributed by atoms with E-state index < -0.39 is 4.92 Å². The second kappa shape index (κ2) is 5.28. The number of nitro groups is 1. The number of nitrogens with one attached hydrogen (secondary N) is 1. The monoisotopic (exact) mass is 282 g/mol. The number of benzene rings is 2. The molecule has 5 heteroatoms. The van der Waals surface area contributed by atoms with Crippen molar-refractivity contribution in [1.29, 1.82) is 0 Å². The Morgan fingerprint density at radius 1 is 1.14 bits per heavy atom. The number of para-hydroxylation sites is 3. The third-order valence-electron chi connectivity index (χ3n) is 3.34. The molecule has 1 N–H and O–H groups in total. The van der Waals surface area contributed by atoms with E-state index >= 15 is 0 Å². The van der Waals surface area contributed by atoms with Crippen LogP contribution in [0.15, 0.2) is 59.0 Å². The quantitative estimate of drug-likeness (QED) is 0.564. The number of fused-ring (bicyclic) bond motifs is 1. The summed E-state index contributed by atoms with van der Waals surface area (Å²) in [7, 11) is 0. The maximum Gasteiger partial charge on any atom is 0.292 e. The fourth-order valence-electron chi connectivity index (χ4n) is 2.28. The van der Waals surface area contributed by atoms with Crippen molar-refractivity contribution in [2.45, 2.75) is 13.0 Å². The Hall–Kier alpha value is -2.82. The number of hydrogen-bond donors (Lipinski definition) is 1. The van der Waals surface area contributed by atoms with Gasteiger partial charge in [0, 0.05) is 11.5 Å². The normalized spacial score (nSPS) is 12.2. The molecule has 3 rings (SSSR count). The smallest absolute Gasteiger partial charge is 0.292 e. The molecule has 0 saturated heterocycles. The van der Waals surface area contributed by atoms with Gasteiger partial charge in [-0.2, -0.15) is 0 Å². The topological polar surface area (TPSA) is 68.3 Å². The molecular weight excluding hydrogens is 268 g/mol. The van der Waals surface area contributed by atoms with Gasteiger partial charge in [0.1, 0.15) is 17.0 Å². The maximum absolute atomic E-state index is 11.0. The van der Waals surface area contributed by atoms with Crippen LogP contribution in [0.5, 0.6) is 0 Å². The number of anilines is 1. The number of nitro benzene ring substituents is 1. The molecule has 2 aromatic carbocycles. The summed E-state index contributed by atoms with van der Waals surface area (Å²) in [6, 6.07) is 16.1. The molecule has 1 heterocycles. The van der Waals surface area contributed by atoms with E-state index in [1.54, 1.807) is 18.2 Å². The summed E-state index contributed by atoms with van der Waals surface area (Å²) in [5, 5.41) is 15.2. The fourth-order valence-corrected chi connectivity index (χ4v) is 2.28. The molecule has 0 fully saturated rings. The lowest BCUT2D eigenvalue weighted by molar-refractivity contribution is -0.384. The highest BCUT2D eigenvalue weighted by molar-refractivity contribution is 5.78. The first-order valence-corrected chi connectivity index (χ1v) is 6.63.